The summed E-state index contributed by atoms with van der Waals surface area (Å²) in [5.41, 5.74) is 2.28. The Kier molecular flexibility index (Phi) is 4.37. The van der Waals surface area contributed by atoms with Crippen molar-refractivity contribution in [2.24, 2.45) is 0 Å². The smallest absolute Gasteiger partial charge is 0.276 e. The van der Waals surface area contributed by atoms with Gasteiger partial charge in [-0.1, -0.05) is 17.7 Å². The summed E-state index contributed by atoms with van der Waals surface area (Å²) in [5.74, 6) is 0.494. The zero-order valence-corrected chi connectivity index (χ0v) is 15.8. The minimum atomic E-state index is -0.475. The highest BCUT2D eigenvalue weighted by molar-refractivity contribution is 6.33. The second-order valence-corrected chi connectivity index (χ2v) is 7.10. The molecule has 0 aliphatic carbocycles. The first kappa shape index (κ1) is 18.0. The van der Waals surface area contributed by atoms with Crippen LogP contribution in [0.25, 0.3) is 0 Å². The number of rotatable bonds is 3. The Morgan fingerprint density at radius 2 is 2.03 bits per heavy atom. The van der Waals surface area contributed by atoms with Crippen LogP contribution in [0.1, 0.15) is 27.8 Å². The third kappa shape index (κ3) is 3.41. The standard InChI is InChI=1S/C20H15ClFN3O4/c21-14-6-12(22)2-3-15(14)23-20(26)16-7-13-9-27-19(8-25(13)24-16)11-1-4-17-18(5-11)29-10-28-17/h1-7,19H,8-10H2,(H,23,26)/t19-/m1/s1. The van der Waals surface area contributed by atoms with Crippen LogP contribution in [-0.4, -0.2) is 22.5 Å². The Labute approximate surface area is 169 Å². The summed E-state index contributed by atoms with van der Waals surface area (Å²) in [4.78, 5) is 12.5. The number of amides is 1. The number of nitrogens with one attached hydrogen (secondary N) is 1. The van der Waals surface area contributed by atoms with Crippen molar-refractivity contribution in [1.29, 1.82) is 0 Å². The van der Waals surface area contributed by atoms with Gasteiger partial charge < -0.3 is 19.5 Å². The first-order chi connectivity index (χ1) is 14.1. The monoisotopic (exact) mass is 415 g/mol. The lowest BCUT2D eigenvalue weighted by Gasteiger charge is -2.24. The van der Waals surface area contributed by atoms with Gasteiger partial charge in [-0.25, -0.2) is 4.39 Å². The Morgan fingerprint density at radius 1 is 1.17 bits per heavy atom. The normalized spacial score (nSPS) is 17.1. The van der Waals surface area contributed by atoms with E-state index in [0.29, 0.717) is 30.3 Å². The highest BCUT2D eigenvalue weighted by atomic mass is 35.5. The molecule has 0 spiro atoms. The molecular weight excluding hydrogens is 401 g/mol. The van der Waals surface area contributed by atoms with Gasteiger partial charge in [0.1, 0.15) is 11.9 Å². The second kappa shape index (κ2) is 7.06. The molecule has 3 aromatic rings. The maximum absolute atomic E-state index is 13.2. The van der Waals surface area contributed by atoms with Crippen molar-refractivity contribution in [3.05, 3.63) is 70.3 Å². The van der Waals surface area contributed by atoms with Gasteiger partial charge in [0.05, 0.1) is 29.6 Å². The number of benzene rings is 2. The molecule has 1 aromatic heterocycles. The number of halogens is 2. The molecule has 1 amide bonds. The molecule has 0 fully saturated rings. The molecule has 29 heavy (non-hydrogen) atoms. The minimum Gasteiger partial charge on any atom is -0.454 e. The van der Waals surface area contributed by atoms with Crippen LogP contribution in [0.2, 0.25) is 5.02 Å². The number of carbonyl (C=O) groups excluding carboxylic acids is 1. The van der Waals surface area contributed by atoms with Gasteiger partial charge in [-0.15, -0.1) is 0 Å². The molecule has 1 N–H and O–H groups in total. The first-order valence-electron chi connectivity index (χ1n) is 8.91. The molecule has 0 bridgehead atoms. The van der Waals surface area contributed by atoms with Crippen LogP contribution in [-0.2, 0) is 17.9 Å². The Balaban J connectivity index is 1.33. The molecule has 2 aromatic carbocycles. The zero-order chi connectivity index (χ0) is 20.0. The Hall–Kier alpha value is -3.10. The molecule has 2 aliphatic rings. The number of hydrogen-bond donors (Lipinski definition) is 1. The van der Waals surface area contributed by atoms with Gasteiger partial charge >= 0.3 is 0 Å². The summed E-state index contributed by atoms with van der Waals surface area (Å²) in [5, 5.41) is 7.16. The van der Waals surface area contributed by atoms with Crippen molar-refractivity contribution in [3.63, 3.8) is 0 Å². The number of nitrogens with zero attached hydrogens (tertiary/aromatic N) is 2. The molecule has 0 radical (unpaired) electrons. The van der Waals surface area contributed by atoms with Gasteiger partial charge in [-0.2, -0.15) is 5.10 Å². The van der Waals surface area contributed by atoms with E-state index in [0.717, 1.165) is 17.3 Å². The summed E-state index contributed by atoms with van der Waals surface area (Å²) < 4.78 is 31.6. The van der Waals surface area contributed by atoms with Crippen LogP contribution in [0.3, 0.4) is 0 Å². The van der Waals surface area contributed by atoms with E-state index in [4.69, 9.17) is 25.8 Å². The molecule has 0 saturated heterocycles. The van der Waals surface area contributed by atoms with Crippen molar-refractivity contribution >= 4 is 23.2 Å². The van der Waals surface area contributed by atoms with Crippen LogP contribution in [0.15, 0.2) is 42.5 Å². The Bertz CT molecular complexity index is 1120. The molecule has 1 atom stereocenters. The number of hydrogen-bond acceptors (Lipinski definition) is 5. The Morgan fingerprint density at radius 3 is 2.90 bits per heavy atom. The van der Waals surface area contributed by atoms with Crippen molar-refractivity contribution < 1.29 is 23.4 Å². The summed E-state index contributed by atoms with van der Waals surface area (Å²) in [6, 6.07) is 11.1. The van der Waals surface area contributed by atoms with Crippen LogP contribution in [0, 0.1) is 5.82 Å². The van der Waals surface area contributed by atoms with Crippen molar-refractivity contribution in [2.75, 3.05) is 12.1 Å². The van der Waals surface area contributed by atoms with E-state index >= 15 is 0 Å². The van der Waals surface area contributed by atoms with Gasteiger partial charge in [0, 0.05) is 0 Å². The first-order valence-corrected chi connectivity index (χ1v) is 9.29. The third-order valence-electron chi connectivity index (χ3n) is 4.81. The lowest BCUT2D eigenvalue weighted by atomic mass is 10.1. The van der Waals surface area contributed by atoms with E-state index < -0.39 is 11.7 Å². The van der Waals surface area contributed by atoms with Crippen LogP contribution in [0.5, 0.6) is 11.5 Å². The predicted octanol–water partition coefficient (Wildman–Crippen LogP) is 3.93. The topological polar surface area (TPSA) is 74.6 Å². The fraction of sp³-hybridized carbons (Fsp3) is 0.200. The molecule has 0 unspecified atom stereocenters. The lowest BCUT2D eigenvalue weighted by molar-refractivity contribution is -0.00127. The second-order valence-electron chi connectivity index (χ2n) is 6.69. The van der Waals surface area contributed by atoms with Gasteiger partial charge in [0.15, 0.2) is 17.2 Å². The maximum atomic E-state index is 13.2. The largest absolute Gasteiger partial charge is 0.454 e. The van der Waals surface area contributed by atoms with E-state index in [1.807, 2.05) is 18.2 Å². The third-order valence-corrected chi connectivity index (χ3v) is 5.13. The van der Waals surface area contributed by atoms with E-state index in [2.05, 4.69) is 10.4 Å². The summed E-state index contributed by atoms with van der Waals surface area (Å²) in [7, 11) is 0. The molecule has 0 saturated carbocycles. The number of fused-ring (bicyclic) bond motifs is 2. The molecule has 9 heteroatoms. The molecule has 5 rings (SSSR count). The summed E-state index contributed by atoms with van der Waals surface area (Å²) >= 11 is 5.97. The molecule has 148 valence electrons. The maximum Gasteiger partial charge on any atom is 0.276 e. The number of carbonyl (C=O) groups is 1. The molecular formula is C20H15ClFN3O4. The molecule has 3 heterocycles. The van der Waals surface area contributed by atoms with Gasteiger partial charge in [0.25, 0.3) is 5.91 Å². The van der Waals surface area contributed by atoms with Crippen LogP contribution in [0.4, 0.5) is 10.1 Å². The van der Waals surface area contributed by atoms with Crippen molar-refractivity contribution in [2.45, 2.75) is 19.3 Å². The van der Waals surface area contributed by atoms with Crippen LogP contribution < -0.4 is 14.8 Å². The van der Waals surface area contributed by atoms with E-state index in [-0.39, 0.29) is 23.6 Å². The fourth-order valence-corrected chi connectivity index (χ4v) is 3.54. The van der Waals surface area contributed by atoms with E-state index in [1.54, 1.807) is 10.7 Å². The quantitative estimate of drug-likeness (QED) is 0.701. The number of aromatic nitrogens is 2. The average molecular weight is 416 g/mol. The molecule has 7 nitrogen and oxygen atoms in total. The van der Waals surface area contributed by atoms with Gasteiger partial charge in [0.2, 0.25) is 6.79 Å². The lowest BCUT2D eigenvalue weighted by Crippen LogP contribution is -2.22. The van der Waals surface area contributed by atoms with Crippen molar-refractivity contribution in [3.8, 4) is 11.5 Å². The van der Waals surface area contributed by atoms with Gasteiger partial charge in [-0.3, -0.25) is 9.48 Å². The SMILES string of the molecule is O=C(Nc1ccc(F)cc1Cl)c1cc2n(n1)C[C@H](c1ccc3c(c1)OCO3)OC2. The predicted molar refractivity (Wildman–Crippen MR) is 102 cm³/mol. The highest BCUT2D eigenvalue weighted by Crippen LogP contribution is 2.36. The zero-order valence-electron chi connectivity index (χ0n) is 15.0. The van der Waals surface area contributed by atoms with E-state index in [1.165, 1.54) is 12.1 Å². The van der Waals surface area contributed by atoms with Crippen molar-refractivity contribution in [1.82, 2.24) is 9.78 Å². The summed E-state index contributed by atoms with van der Waals surface area (Å²) in [6.07, 6.45) is -0.223. The van der Waals surface area contributed by atoms with Crippen LogP contribution >= 0.6 is 11.6 Å². The number of ether oxygens (including phenoxy) is 3. The van der Waals surface area contributed by atoms with E-state index in [9.17, 15) is 9.18 Å². The minimum absolute atomic E-state index is 0.119. The summed E-state index contributed by atoms with van der Waals surface area (Å²) in [6.45, 7) is 0.987. The fourth-order valence-electron chi connectivity index (χ4n) is 3.33. The molecule has 2 aliphatic heterocycles. The highest BCUT2D eigenvalue weighted by Gasteiger charge is 2.26. The van der Waals surface area contributed by atoms with Gasteiger partial charge in [-0.05, 0) is 42.0 Å². The number of anilines is 1. The average Bonchev–Trinajstić information content (AvgIpc) is 3.35.